The summed E-state index contributed by atoms with van der Waals surface area (Å²) >= 11 is 0. The smallest absolute Gasteiger partial charge is 0.242 e. The molecule has 0 spiro atoms. The molecule has 0 saturated carbocycles. The van der Waals surface area contributed by atoms with Crippen LogP contribution >= 0.6 is 0 Å². The molecule has 3 rings (SSSR count). The van der Waals surface area contributed by atoms with Gasteiger partial charge in [0.05, 0.1) is 12.9 Å². The van der Waals surface area contributed by atoms with Crippen molar-refractivity contribution in [2.45, 2.75) is 44.8 Å². The number of amides is 3. The number of rotatable bonds is 16. The van der Waals surface area contributed by atoms with Crippen molar-refractivity contribution in [3.63, 3.8) is 0 Å². The lowest BCUT2D eigenvalue weighted by Gasteiger charge is -2.23. The summed E-state index contributed by atoms with van der Waals surface area (Å²) in [6.45, 7) is 1.55. The van der Waals surface area contributed by atoms with Crippen LogP contribution in [-0.4, -0.2) is 56.9 Å². The molecule has 0 aromatic heterocycles. The highest BCUT2D eigenvalue weighted by Crippen LogP contribution is 2.24. The van der Waals surface area contributed by atoms with Crippen molar-refractivity contribution < 1.29 is 27.5 Å². The molecular weight excluding hydrogens is 584 g/mol. The second-order valence-electron chi connectivity index (χ2n) is 10.1. The summed E-state index contributed by atoms with van der Waals surface area (Å²) in [5.41, 5.74) is 14.5. The largest absolute Gasteiger partial charge is 0.497 e. The molecular formula is C31H38N6O6S. The minimum atomic E-state index is -3.80. The lowest BCUT2D eigenvalue weighted by molar-refractivity contribution is -0.130. The van der Waals surface area contributed by atoms with Crippen molar-refractivity contribution in [3.8, 4) is 16.9 Å². The van der Waals surface area contributed by atoms with E-state index in [1.165, 1.54) is 6.92 Å². The summed E-state index contributed by atoms with van der Waals surface area (Å²) in [7, 11) is -2.22. The molecule has 0 aliphatic carbocycles. The molecule has 0 saturated heterocycles. The Balaban J connectivity index is 1.76. The van der Waals surface area contributed by atoms with Crippen LogP contribution in [0.25, 0.3) is 11.1 Å². The van der Waals surface area contributed by atoms with Crippen LogP contribution in [0, 0.1) is 5.41 Å². The summed E-state index contributed by atoms with van der Waals surface area (Å²) in [6, 6.07) is 19.1. The maximum absolute atomic E-state index is 13.5. The summed E-state index contributed by atoms with van der Waals surface area (Å²) < 4.78 is 32.7. The van der Waals surface area contributed by atoms with Crippen LogP contribution in [-0.2, 0) is 37.4 Å². The van der Waals surface area contributed by atoms with Gasteiger partial charge in [0.2, 0.25) is 27.7 Å². The van der Waals surface area contributed by atoms with Crippen LogP contribution in [0.5, 0.6) is 5.75 Å². The Bertz CT molecular complexity index is 1580. The Hall–Kier alpha value is -4.75. The van der Waals surface area contributed by atoms with E-state index in [1.807, 2.05) is 36.4 Å². The number of ether oxygens (including phenoxy) is 1. The average molecular weight is 623 g/mol. The van der Waals surface area contributed by atoms with Gasteiger partial charge in [-0.2, -0.15) is 0 Å². The third kappa shape index (κ3) is 10.2. The molecule has 0 radical (unpaired) electrons. The molecule has 0 aliphatic rings. The molecule has 13 heteroatoms. The number of benzene rings is 3. The van der Waals surface area contributed by atoms with Crippen molar-refractivity contribution >= 4 is 33.6 Å². The molecule has 3 aromatic rings. The van der Waals surface area contributed by atoms with Gasteiger partial charge in [-0.3, -0.25) is 19.8 Å². The van der Waals surface area contributed by atoms with Crippen molar-refractivity contribution in [2.75, 3.05) is 12.9 Å². The minimum absolute atomic E-state index is 0.0100. The maximum atomic E-state index is 13.5. The third-order valence-electron chi connectivity index (χ3n) is 6.86. The van der Waals surface area contributed by atoms with E-state index < -0.39 is 39.8 Å². The number of nitrogen functional groups attached to an aromatic ring is 1. The first-order valence-electron chi connectivity index (χ1n) is 13.9. The van der Waals surface area contributed by atoms with E-state index in [0.717, 1.165) is 11.1 Å². The number of nitrogens with one attached hydrogen (secondary N) is 4. The molecule has 3 aromatic carbocycles. The van der Waals surface area contributed by atoms with Crippen LogP contribution in [0.1, 0.15) is 36.5 Å². The molecule has 44 heavy (non-hydrogen) atoms. The summed E-state index contributed by atoms with van der Waals surface area (Å²) in [5.74, 6) is -1.59. The van der Waals surface area contributed by atoms with Gasteiger partial charge >= 0.3 is 0 Å². The lowest BCUT2D eigenvalue weighted by Crippen LogP contribution is -2.54. The second-order valence-corrected chi connectivity index (χ2v) is 12.1. The van der Waals surface area contributed by atoms with Crippen LogP contribution < -0.4 is 31.6 Å². The first-order valence-corrected chi connectivity index (χ1v) is 15.6. The normalized spacial score (nSPS) is 12.5. The number of sulfonamides is 1. The Morgan fingerprint density at radius 1 is 0.886 bits per heavy atom. The van der Waals surface area contributed by atoms with Gasteiger partial charge in [-0.05, 0) is 54.2 Å². The van der Waals surface area contributed by atoms with Crippen molar-refractivity contribution in [2.24, 2.45) is 11.5 Å². The number of amidine groups is 1. The number of hydrogen-bond donors (Lipinski definition) is 6. The summed E-state index contributed by atoms with van der Waals surface area (Å²) in [6.07, 6.45) is -0.252. The first kappa shape index (κ1) is 33.7. The number of carbonyl (C=O) groups is 3. The monoisotopic (exact) mass is 622 g/mol. The zero-order valence-corrected chi connectivity index (χ0v) is 25.4. The second kappa shape index (κ2) is 15.6. The quantitative estimate of drug-likeness (QED) is 0.103. The van der Waals surface area contributed by atoms with Crippen molar-refractivity contribution in [1.29, 1.82) is 5.41 Å². The van der Waals surface area contributed by atoms with Gasteiger partial charge in [0.25, 0.3) is 0 Å². The average Bonchev–Trinajstić information content (AvgIpc) is 3.01. The SMILES string of the molecule is CCS(=O)(=O)NC(Cc1ccc(-c2cccc(OC)c2)cc1)C(=O)NC(CCC(N)=O)C(=O)NCc1ccc(C(=N)N)cc1. The fraction of sp³-hybridized carbons (Fsp3) is 0.290. The lowest BCUT2D eigenvalue weighted by atomic mass is 10.00. The highest BCUT2D eigenvalue weighted by atomic mass is 32.2. The molecule has 3 amide bonds. The molecule has 2 atom stereocenters. The Kier molecular flexibility index (Phi) is 12.0. The highest BCUT2D eigenvalue weighted by Gasteiger charge is 2.28. The van der Waals surface area contributed by atoms with Crippen LogP contribution in [0.15, 0.2) is 72.8 Å². The van der Waals surface area contributed by atoms with Crippen molar-refractivity contribution in [3.05, 3.63) is 89.5 Å². The van der Waals surface area contributed by atoms with E-state index in [4.69, 9.17) is 21.6 Å². The van der Waals surface area contributed by atoms with Gasteiger partial charge < -0.3 is 26.8 Å². The minimum Gasteiger partial charge on any atom is -0.497 e. The van der Waals surface area contributed by atoms with Gasteiger partial charge in [0.15, 0.2) is 0 Å². The number of methoxy groups -OCH3 is 1. The van der Waals surface area contributed by atoms with Gasteiger partial charge in [-0.15, -0.1) is 0 Å². The zero-order chi connectivity index (χ0) is 32.3. The van der Waals surface area contributed by atoms with E-state index in [-0.39, 0.29) is 37.4 Å². The van der Waals surface area contributed by atoms with Gasteiger partial charge in [0.1, 0.15) is 23.7 Å². The summed E-state index contributed by atoms with van der Waals surface area (Å²) in [5, 5.41) is 12.8. The van der Waals surface area contributed by atoms with E-state index in [9.17, 15) is 22.8 Å². The standard InChI is InChI=1S/C31H38N6O6S/c1-3-44(41,42)37-27(17-20-7-11-22(12-8-20)24-5-4-6-25(18-24)43-2)31(40)36-26(15-16-28(32)38)30(39)35-19-21-9-13-23(14-10-21)29(33)34/h4-14,18,26-27,37H,3,15-17,19H2,1-2H3,(H2,32,38)(H3,33,34)(H,35,39)(H,36,40). The zero-order valence-electron chi connectivity index (χ0n) is 24.6. The van der Waals surface area contributed by atoms with E-state index >= 15 is 0 Å². The van der Waals surface area contributed by atoms with Gasteiger partial charge in [0, 0.05) is 18.5 Å². The van der Waals surface area contributed by atoms with E-state index in [0.29, 0.717) is 22.4 Å². The fourth-order valence-electron chi connectivity index (χ4n) is 4.30. The molecule has 2 unspecified atom stereocenters. The number of nitrogens with two attached hydrogens (primary N) is 2. The molecule has 234 valence electrons. The molecule has 8 N–H and O–H groups in total. The van der Waals surface area contributed by atoms with Crippen LogP contribution in [0.2, 0.25) is 0 Å². The Morgan fingerprint density at radius 2 is 1.55 bits per heavy atom. The Labute approximate surface area is 257 Å². The number of hydrogen-bond acceptors (Lipinski definition) is 7. The van der Waals surface area contributed by atoms with Crippen molar-refractivity contribution in [1.82, 2.24) is 15.4 Å². The van der Waals surface area contributed by atoms with E-state index in [1.54, 1.807) is 43.5 Å². The molecule has 0 bridgehead atoms. The van der Waals surface area contributed by atoms with Crippen LogP contribution in [0.3, 0.4) is 0 Å². The van der Waals surface area contributed by atoms with E-state index in [2.05, 4.69) is 15.4 Å². The molecule has 0 aliphatic heterocycles. The predicted octanol–water partition coefficient (Wildman–Crippen LogP) is 1.56. The maximum Gasteiger partial charge on any atom is 0.242 e. The molecule has 0 heterocycles. The Morgan fingerprint density at radius 3 is 2.14 bits per heavy atom. The fourth-order valence-corrected chi connectivity index (χ4v) is 5.09. The van der Waals surface area contributed by atoms with Gasteiger partial charge in [-0.1, -0.05) is 60.7 Å². The highest BCUT2D eigenvalue weighted by molar-refractivity contribution is 7.89. The molecule has 12 nitrogen and oxygen atoms in total. The predicted molar refractivity (Wildman–Crippen MR) is 168 cm³/mol. The number of primary amides is 1. The van der Waals surface area contributed by atoms with Crippen LogP contribution in [0.4, 0.5) is 0 Å². The topological polar surface area (TPSA) is 207 Å². The molecule has 0 fully saturated rings. The summed E-state index contributed by atoms with van der Waals surface area (Å²) in [4.78, 5) is 38.1. The van der Waals surface area contributed by atoms with Gasteiger partial charge in [-0.25, -0.2) is 13.1 Å². The number of carbonyl (C=O) groups excluding carboxylic acids is 3. The first-order chi connectivity index (χ1) is 20.9. The third-order valence-corrected chi connectivity index (χ3v) is 8.26.